The number of para-hydroxylation sites is 2. The molecule has 1 unspecified atom stereocenters. The van der Waals surface area contributed by atoms with Crippen molar-refractivity contribution in [2.45, 2.75) is 77.4 Å². The van der Waals surface area contributed by atoms with Crippen LogP contribution < -0.4 is 4.90 Å². The Labute approximate surface area is 236 Å². The highest BCUT2D eigenvalue weighted by atomic mass is 16.2. The lowest BCUT2D eigenvalue weighted by atomic mass is 9.93. The molecule has 3 aromatic carbocycles. The smallest absolute Gasteiger partial charge is 0.243 e. The van der Waals surface area contributed by atoms with Gasteiger partial charge in [0.15, 0.2) is 0 Å². The molecular weight excluding hydrogens is 496 g/mol. The van der Waals surface area contributed by atoms with Crippen molar-refractivity contribution in [3.05, 3.63) is 95.3 Å². The Morgan fingerprint density at radius 1 is 0.925 bits per heavy atom. The molecule has 1 saturated heterocycles. The van der Waals surface area contributed by atoms with Gasteiger partial charge in [0.25, 0.3) is 0 Å². The number of rotatable bonds is 7. The van der Waals surface area contributed by atoms with Crippen LogP contribution in [-0.2, 0) is 22.7 Å². The molecule has 1 aromatic heterocycles. The van der Waals surface area contributed by atoms with E-state index in [0.717, 1.165) is 46.5 Å². The Morgan fingerprint density at radius 2 is 1.68 bits per heavy atom. The zero-order valence-electron chi connectivity index (χ0n) is 23.6. The molecule has 40 heavy (non-hydrogen) atoms. The van der Waals surface area contributed by atoms with Crippen molar-refractivity contribution in [3.63, 3.8) is 0 Å². The third kappa shape index (κ3) is 5.15. The van der Waals surface area contributed by atoms with Gasteiger partial charge in [0.2, 0.25) is 11.8 Å². The number of aromatic nitrogens is 2. The summed E-state index contributed by atoms with van der Waals surface area (Å²) in [7, 11) is 0. The molecule has 2 fully saturated rings. The van der Waals surface area contributed by atoms with Gasteiger partial charge >= 0.3 is 0 Å². The molecule has 6 nitrogen and oxygen atoms in total. The molecule has 4 aromatic rings. The number of carbonyl (C=O) groups is 2. The quantitative estimate of drug-likeness (QED) is 0.271. The van der Waals surface area contributed by atoms with E-state index in [9.17, 15) is 9.59 Å². The van der Waals surface area contributed by atoms with Gasteiger partial charge in [-0.2, -0.15) is 0 Å². The zero-order valence-corrected chi connectivity index (χ0v) is 23.6. The summed E-state index contributed by atoms with van der Waals surface area (Å²) >= 11 is 0. The van der Waals surface area contributed by atoms with Crippen LogP contribution in [0.15, 0.2) is 72.8 Å². The van der Waals surface area contributed by atoms with Gasteiger partial charge < -0.3 is 14.4 Å². The van der Waals surface area contributed by atoms with E-state index in [-0.39, 0.29) is 30.3 Å². The number of anilines is 1. The molecule has 0 spiro atoms. The molecule has 1 saturated carbocycles. The lowest BCUT2D eigenvalue weighted by Gasteiger charge is -2.35. The Balaban J connectivity index is 1.32. The van der Waals surface area contributed by atoms with Crippen molar-refractivity contribution in [1.82, 2.24) is 14.5 Å². The van der Waals surface area contributed by atoms with Crippen LogP contribution in [0.2, 0.25) is 0 Å². The van der Waals surface area contributed by atoms with Crippen molar-refractivity contribution in [1.29, 1.82) is 0 Å². The van der Waals surface area contributed by atoms with Gasteiger partial charge in [0, 0.05) is 37.2 Å². The molecule has 6 rings (SSSR count). The molecule has 0 N–H and O–H groups in total. The minimum absolute atomic E-state index is 0.0788. The van der Waals surface area contributed by atoms with E-state index >= 15 is 0 Å². The average Bonchev–Trinajstić information content (AvgIpc) is 3.54. The second kappa shape index (κ2) is 11.3. The number of nitrogens with zero attached hydrogens (tertiary/aromatic N) is 4. The molecule has 0 radical (unpaired) electrons. The number of aryl methyl sites for hydroxylation is 1. The lowest BCUT2D eigenvalue weighted by Crippen LogP contribution is -2.42. The molecule has 0 bridgehead atoms. The predicted octanol–water partition coefficient (Wildman–Crippen LogP) is 6.54. The standard InChI is InChI=1S/C34H38N4O2/c1-24-12-11-19-30(25(24)2)37-22-27(20-32(37)39)34-35-29-17-9-10-18-31(29)38(34)23-33(40)36(28-15-7-4-8-16-28)21-26-13-5-3-6-14-26/h3,5-6,9-14,17-19,27-28H,4,7-8,15-16,20-23H2,1-2H3. The molecule has 2 aliphatic rings. The number of imidazole rings is 1. The Morgan fingerprint density at radius 3 is 2.48 bits per heavy atom. The summed E-state index contributed by atoms with van der Waals surface area (Å²) in [6.07, 6.45) is 6.08. The van der Waals surface area contributed by atoms with Gasteiger partial charge in [-0.25, -0.2) is 4.98 Å². The van der Waals surface area contributed by atoms with Crippen molar-refractivity contribution in [3.8, 4) is 0 Å². The van der Waals surface area contributed by atoms with Crippen molar-refractivity contribution < 1.29 is 9.59 Å². The zero-order chi connectivity index (χ0) is 27.6. The second-order valence-corrected chi connectivity index (χ2v) is 11.5. The van der Waals surface area contributed by atoms with Crippen LogP contribution in [0, 0.1) is 13.8 Å². The van der Waals surface area contributed by atoms with Gasteiger partial charge in [-0.3, -0.25) is 9.59 Å². The molecule has 1 aliphatic carbocycles. The summed E-state index contributed by atoms with van der Waals surface area (Å²) in [5.41, 5.74) is 6.25. The number of carbonyl (C=O) groups excluding carboxylic acids is 2. The maximum Gasteiger partial charge on any atom is 0.243 e. The minimum Gasteiger partial charge on any atom is -0.334 e. The van der Waals surface area contributed by atoms with Crippen LogP contribution in [0.25, 0.3) is 11.0 Å². The molecule has 6 heteroatoms. The molecular formula is C34H38N4O2. The van der Waals surface area contributed by atoms with Crippen molar-refractivity contribution >= 4 is 28.5 Å². The fraction of sp³-hybridized carbons (Fsp3) is 0.382. The van der Waals surface area contributed by atoms with Gasteiger partial charge in [-0.15, -0.1) is 0 Å². The Bertz CT molecular complexity index is 1520. The predicted molar refractivity (Wildman–Crippen MR) is 159 cm³/mol. The van der Waals surface area contributed by atoms with Crippen LogP contribution >= 0.6 is 0 Å². The summed E-state index contributed by atoms with van der Waals surface area (Å²) in [5, 5.41) is 0. The molecule has 1 atom stereocenters. The highest BCUT2D eigenvalue weighted by Crippen LogP contribution is 2.35. The topological polar surface area (TPSA) is 58.4 Å². The van der Waals surface area contributed by atoms with Gasteiger partial charge in [-0.05, 0) is 61.6 Å². The monoisotopic (exact) mass is 534 g/mol. The second-order valence-electron chi connectivity index (χ2n) is 11.5. The minimum atomic E-state index is -0.0788. The molecule has 2 heterocycles. The van der Waals surface area contributed by atoms with Gasteiger partial charge in [0.1, 0.15) is 12.4 Å². The van der Waals surface area contributed by atoms with Crippen LogP contribution in [0.4, 0.5) is 5.69 Å². The summed E-state index contributed by atoms with van der Waals surface area (Å²) in [4.78, 5) is 36.5. The lowest BCUT2D eigenvalue weighted by molar-refractivity contribution is -0.135. The van der Waals surface area contributed by atoms with E-state index in [1.54, 1.807) is 0 Å². The first-order valence-electron chi connectivity index (χ1n) is 14.6. The summed E-state index contributed by atoms with van der Waals surface area (Å²) in [6, 6.07) is 24.7. The van der Waals surface area contributed by atoms with Crippen LogP contribution in [-0.4, -0.2) is 38.9 Å². The Kier molecular flexibility index (Phi) is 7.42. The molecule has 2 amide bonds. The van der Waals surface area contributed by atoms with Gasteiger partial charge in [0.05, 0.1) is 11.0 Å². The number of hydrogen-bond donors (Lipinski definition) is 0. The largest absolute Gasteiger partial charge is 0.334 e. The number of benzene rings is 3. The normalized spacial score (nSPS) is 18.0. The van der Waals surface area contributed by atoms with E-state index < -0.39 is 0 Å². The maximum absolute atomic E-state index is 14.2. The fourth-order valence-electron chi connectivity index (χ4n) is 6.53. The van der Waals surface area contributed by atoms with E-state index in [1.165, 1.54) is 24.8 Å². The highest BCUT2D eigenvalue weighted by Gasteiger charge is 2.36. The summed E-state index contributed by atoms with van der Waals surface area (Å²) in [6.45, 7) is 5.57. The summed E-state index contributed by atoms with van der Waals surface area (Å²) < 4.78 is 2.09. The van der Waals surface area contributed by atoms with E-state index in [1.807, 2.05) is 59.5 Å². The molecule has 206 valence electrons. The fourth-order valence-corrected chi connectivity index (χ4v) is 6.53. The van der Waals surface area contributed by atoms with Crippen LogP contribution in [0.5, 0.6) is 0 Å². The first-order valence-corrected chi connectivity index (χ1v) is 14.6. The number of fused-ring (bicyclic) bond motifs is 1. The van der Waals surface area contributed by atoms with Crippen molar-refractivity contribution in [2.75, 3.05) is 11.4 Å². The highest BCUT2D eigenvalue weighted by molar-refractivity contribution is 5.97. The van der Waals surface area contributed by atoms with E-state index in [2.05, 4.69) is 41.5 Å². The van der Waals surface area contributed by atoms with E-state index in [4.69, 9.17) is 4.98 Å². The van der Waals surface area contributed by atoms with Crippen molar-refractivity contribution in [2.24, 2.45) is 0 Å². The molecule has 1 aliphatic heterocycles. The first kappa shape index (κ1) is 26.3. The third-order valence-corrected chi connectivity index (χ3v) is 8.87. The average molecular weight is 535 g/mol. The summed E-state index contributed by atoms with van der Waals surface area (Å²) in [5.74, 6) is 0.983. The number of hydrogen-bond acceptors (Lipinski definition) is 3. The van der Waals surface area contributed by atoms with Crippen LogP contribution in [0.1, 0.15) is 67.0 Å². The van der Waals surface area contributed by atoms with Crippen LogP contribution in [0.3, 0.4) is 0 Å². The number of amides is 2. The van der Waals surface area contributed by atoms with E-state index in [0.29, 0.717) is 19.5 Å². The maximum atomic E-state index is 14.2. The third-order valence-electron chi connectivity index (χ3n) is 8.87. The SMILES string of the molecule is Cc1cccc(N2CC(c3nc4ccccc4n3CC(=O)N(Cc3ccccc3)C3CCCCC3)CC2=O)c1C. The first-order chi connectivity index (χ1) is 19.5. The van der Waals surface area contributed by atoms with Gasteiger partial charge in [-0.1, -0.05) is 73.9 Å². The Hall–Kier alpha value is -3.93.